The average molecular weight is 330 g/mol. The topological polar surface area (TPSA) is 17.1 Å². The Labute approximate surface area is 98.6 Å². The lowest BCUT2D eigenvalue weighted by Gasteiger charge is -2.09. The molecule has 1 rings (SSSR count). The molecule has 1 nitrogen and oxygen atoms in total. The predicted octanol–water partition coefficient (Wildman–Crippen LogP) is 4.08. The minimum absolute atomic E-state index is 0.0214. The lowest BCUT2D eigenvalue weighted by Crippen LogP contribution is -2.03. The van der Waals surface area contributed by atoms with E-state index in [4.69, 9.17) is 11.6 Å². The number of hydrogen-bond acceptors (Lipinski definition) is 1. The van der Waals surface area contributed by atoms with E-state index >= 15 is 0 Å². The third-order valence-electron chi connectivity index (χ3n) is 1.71. The Kier molecular flexibility index (Phi) is 3.83. The summed E-state index contributed by atoms with van der Waals surface area (Å²) in [5.41, 5.74) is -0.237. The maximum Gasteiger partial charge on any atom is 0.264 e. The minimum atomic E-state index is -2.65. The van der Waals surface area contributed by atoms with Crippen LogP contribution in [-0.4, -0.2) is 5.78 Å². The molecule has 0 bridgehead atoms. The van der Waals surface area contributed by atoms with Crippen molar-refractivity contribution in [2.75, 3.05) is 0 Å². The highest BCUT2D eigenvalue weighted by molar-refractivity contribution is 14.1. The van der Waals surface area contributed by atoms with E-state index in [2.05, 4.69) is 0 Å². The van der Waals surface area contributed by atoms with Crippen LogP contribution in [0.1, 0.15) is 29.3 Å². The van der Waals surface area contributed by atoms with Gasteiger partial charge in [-0.15, -0.1) is 0 Å². The van der Waals surface area contributed by atoms with Crippen LogP contribution < -0.4 is 0 Å². The predicted molar refractivity (Wildman–Crippen MR) is 59.1 cm³/mol. The minimum Gasteiger partial charge on any atom is -0.294 e. The van der Waals surface area contributed by atoms with Crippen molar-refractivity contribution in [3.63, 3.8) is 0 Å². The summed E-state index contributed by atoms with van der Waals surface area (Å²) >= 11 is 7.52. The third kappa shape index (κ3) is 2.23. The van der Waals surface area contributed by atoms with Gasteiger partial charge in [-0.2, -0.15) is 0 Å². The van der Waals surface area contributed by atoms with E-state index in [9.17, 15) is 13.6 Å². The van der Waals surface area contributed by atoms with Crippen molar-refractivity contribution in [3.8, 4) is 0 Å². The van der Waals surface area contributed by atoms with E-state index < -0.39 is 12.2 Å². The van der Waals surface area contributed by atoms with Crippen LogP contribution in [0.3, 0.4) is 0 Å². The lowest BCUT2D eigenvalue weighted by molar-refractivity contribution is 0.0998. The summed E-state index contributed by atoms with van der Waals surface area (Å²) in [6.07, 6.45) is -2.65. The Bertz CT molecular complexity index is 379. The second-order valence-corrected chi connectivity index (χ2v) is 4.17. The molecule has 0 saturated carbocycles. The molecule has 0 aromatic heterocycles. The van der Waals surface area contributed by atoms with Gasteiger partial charge in [-0.1, -0.05) is 17.7 Å². The van der Waals surface area contributed by atoms with Gasteiger partial charge >= 0.3 is 0 Å². The summed E-state index contributed by atoms with van der Waals surface area (Å²) in [4.78, 5) is 11.1. The van der Waals surface area contributed by atoms with E-state index in [1.165, 1.54) is 19.1 Å². The lowest BCUT2D eigenvalue weighted by atomic mass is 10.1. The van der Waals surface area contributed by atoms with E-state index in [0.29, 0.717) is 8.59 Å². The van der Waals surface area contributed by atoms with Gasteiger partial charge in [0.15, 0.2) is 5.78 Å². The standard InChI is InChI=1S/C9H6ClF2IO/c1-4(14)7-5(9(11)12)2-3-6(10)8(7)13/h2-3,9H,1H3. The van der Waals surface area contributed by atoms with Crippen molar-refractivity contribution >= 4 is 40.0 Å². The van der Waals surface area contributed by atoms with Gasteiger partial charge in [0.25, 0.3) is 6.43 Å². The second-order valence-electron chi connectivity index (χ2n) is 2.68. The zero-order valence-electron chi connectivity index (χ0n) is 7.15. The first-order valence-corrected chi connectivity index (χ1v) is 5.17. The Hall–Kier alpha value is -0.230. The summed E-state index contributed by atoms with van der Waals surface area (Å²) in [7, 11) is 0. The molecule has 0 saturated heterocycles. The quantitative estimate of drug-likeness (QED) is 0.590. The molecular formula is C9H6ClF2IO. The average Bonchev–Trinajstić information content (AvgIpc) is 2.08. The molecule has 0 unspecified atom stereocenters. The monoisotopic (exact) mass is 330 g/mol. The molecule has 0 N–H and O–H groups in total. The van der Waals surface area contributed by atoms with Crippen molar-refractivity contribution < 1.29 is 13.6 Å². The molecule has 14 heavy (non-hydrogen) atoms. The Morgan fingerprint density at radius 1 is 1.50 bits per heavy atom. The molecule has 5 heteroatoms. The fourth-order valence-corrected chi connectivity index (χ4v) is 2.13. The number of Topliss-reactive ketones (excluding diaryl/α,β-unsaturated/α-hetero) is 1. The van der Waals surface area contributed by atoms with Crippen molar-refractivity contribution in [3.05, 3.63) is 31.9 Å². The Morgan fingerprint density at radius 3 is 2.50 bits per heavy atom. The van der Waals surface area contributed by atoms with Crippen molar-refractivity contribution in [2.24, 2.45) is 0 Å². The summed E-state index contributed by atoms with van der Waals surface area (Å²) in [5, 5.41) is 0.320. The van der Waals surface area contributed by atoms with E-state index in [1.54, 1.807) is 22.6 Å². The van der Waals surface area contributed by atoms with Gasteiger partial charge in [0, 0.05) is 14.7 Å². The maximum absolute atomic E-state index is 12.5. The van der Waals surface area contributed by atoms with Crippen LogP contribution in [0.15, 0.2) is 12.1 Å². The molecule has 0 fully saturated rings. The molecule has 76 valence electrons. The molecule has 0 aliphatic heterocycles. The molecule has 0 heterocycles. The smallest absolute Gasteiger partial charge is 0.264 e. The number of carbonyl (C=O) groups excluding carboxylic acids is 1. The first-order valence-electron chi connectivity index (χ1n) is 3.72. The first-order chi connectivity index (χ1) is 6.45. The highest BCUT2D eigenvalue weighted by Gasteiger charge is 2.20. The highest BCUT2D eigenvalue weighted by Crippen LogP contribution is 2.31. The summed E-state index contributed by atoms with van der Waals surface area (Å²) in [6, 6.07) is 2.56. The normalized spacial score (nSPS) is 10.7. The number of ketones is 1. The van der Waals surface area contributed by atoms with Gasteiger partial charge in [-0.25, -0.2) is 8.78 Å². The van der Waals surface area contributed by atoms with Crippen LogP contribution >= 0.6 is 34.2 Å². The summed E-state index contributed by atoms with van der Waals surface area (Å²) in [5.74, 6) is -0.396. The maximum atomic E-state index is 12.5. The molecule has 0 aliphatic rings. The van der Waals surface area contributed by atoms with Gasteiger partial charge in [0.05, 0.1) is 5.02 Å². The zero-order valence-corrected chi connectivity index (χ0v) is 10.1. The van der Waals surface area contributed by atoms with Crippen LogP contribution in [0.25, 0.3) is 0 Å². The zero-order chi connectivity index (χ0) is 10.9. The third-order valence-corrected chi connectivity index (χ3v) is 3.47. The van der Waals surface area contributed by atoms with Crippen molar-refractivity contribution in [1.29, 1.82) is 0 Å². The fraction of sp³-hybridized carbons (Fsp3) is 0.222. The fourth-order valence-electron chi connectivity index (χ4n) is 1.11. The highest BCUT2D eigenvalue weighted by atomic mass is 127. The van der Waals surface area contributed by atoms with Crippen LogP contribution in [0, 0.1) is 3.57 Å². The molecule has 0 aliphatic carbocycles. The molecule has 0 radical (unpaired) electrons. The van der Waals surface area contributed by atoms with Gasteiger partial charge in [-0.05, 0) is 35.6 Å². The van der Waals surface area contributed by atoms with E-state index in [1.807, 2.05) is 0 Å². The number of halogens is 4. The Balaban J connectivity index is 3.45. The van der Waals surface area contributed by atoms with Gasteiger partial charge in [0.2, 0.25) is 0 Å². The number of rotatable bonds is 2. The van der Waals surface area contributed by atoms with Crippen molar-refractivity contribution in [2.45, 2.75) is 13.3 Å². The molecule has 0 amide bonds. The SMILES string of the molecule is CC(=O)c1c(C(F)F)ccc(Cl)c1I. The number of carbonyl (C=O) groups is 1. The van der Waals surface area contributed by atoms with E-state index in [0.717, 1.165) is 0 Å². The van der Waals surface area contributed by atoms with E-state index in [-0.39, 0.29) is 11.1 Å². The van der Waals surface area contributed by atoms with Gasteiger partial charge in [0.1, 0.15) is 0 Å². The largest absolute Gasteiger partial charge is 0.294 e. The second kappa shape index (κ2) is 4.53. The summed E-state index contributed by atoms with van der Waals surface area (Å²) in [6.45, 7) is 1.25. The van der Waals surface area contributed by atoms with Crippen LogP contribution in [0.4, 0.5) is 8.78 Å². The van der Waals surface area contributed by atoms with Crippen LogP contribution in [0.2, 0.25) is 5.02 Å². The first kappa shape index (κ1) is 11.8. The van der Waals surface area contributed by atoms with Crippen LogP contribution in [0.5, 0.6) is 0 Å². The molecule has 1 aromatic rings. The van der Waals surface area contributed by atoms with Crippen LogP contribution in [-0.2, 0) is 0 Å². The van der Waals surface area contributed by atoms with Gasteiger partial charge < -0.3 is 0 Å². The summed E-state index contributed by atoms with van der Waals surface area (Å²) < 4.78 is 25.4. The molecular weight excluding hydrogens is 324 g/mol. The molecule has 1 aromatic carbocycles. The molecule has 0 atom stereocenters. The Morgan fingerprint density at radius 2 is 2.07 bits per heavy atom. The number of benzene rings is 1. The van der Waals surface area contributed by atoms with Crippen molar-refractivity contribution in [1.82, 2.24) is 0 Å². The number of hydrogen-bond donors (Lipinski definition) is 0. The van der Waals surface area contributed by atoms with Gasteiger partial charge in [-0.3, -0.25) is 4.79 Å². The molecule has 0 spiro atoms. The number of alkyl halides is 2.